The average molecular weight is 271 g/mol. The number of ketones is 1. The Labute approximate surface area is 88.3 Å². The van der Waals surface area contributed by atoms with E-state index >= 15 is 0 Å². The number of carbonyl (C=O) groups excluding carboxylic acids is 1. The monoisotopic (exact) mass is 270 g/mol. The van der Waals surface area contributed by atoms with Crippen LogP contribution in [0.2, 0.25) is 0 Å². The Morgan fingerprint density at radius 2 is 1.85 bits per heavy atom. The number of carbonyl (C=O) groups is 2. The third-order valence-corrected chi connectivity index (χ3v) is 4.10. The number of carboxylic acid groups (broad SMARTS) is 1. The molecule has 0 fully saturated rings. The molecule has 0 heterocycles. The lowest BCUT2D eigenvalue weighted by Crippen LogP contribution is -2.23. The van der Waals surface area contributed by atoms with E-state index in [2.05, 4.69) is 15.9 Å². The van der Waals surface area contributed by atoms with Crippen molar-refractivity contribution in [2.75, 3.05) is 24.0 Å². The van der Waals surface area contributed by atoms with Crippen LogP contribution in [0.3, 0.4) is 0 Å². The second kappa shape index (κ2) is 5.00. The molecule has 0 saturated carbocycles. The maximum absolute atomic E-state index is 11.3. The van der Waals surface area contributed by atoms with Gasteiger partial charge in [0.25, 0.3) is 0 Å². The maximum Gasteiger partial charge on any atom is 0.311 e. The van der Waals surface area contributed by atoms with E-state index in [4.69, 9.17) is 5.11 Å². The first-order valence-electron chi connectivity index (χ1n) is 3.82. The van der Waals surface area contributed by atoms with Crippen molar-refractivity contribution in [3.63, 3.8) is 0 Å². The van der Waals surface area contributed by atoms with E-state index in [0.717, 1.165) is 0 Å². The molecule has 1 N–H and O–H groups in total. The van der Waals surface area contributed by atoms with Crippen molar-refractivity contribution >= 4 is 37.7 Å². The van der Waals surface area contributed by atoms with Gasteiger partial charge in [-0.05, 0) is 19.4 Å². The zero-order valence-electron chi connectivity index (χ0n) is 8.04. The predicted octanol–water partition coefficient (Wildman–Crippen LogP) is 1.49. The van der Waals surface area contributed by atoms with Crippen molar-refractivity contribution in [3.05, 3.63) is 0 Å². The summed E-state index contributed by atoms with van der Waals surface area (Å²) in [5.74, 6) is -0.249. The van der Waals surface area contributed by atoms with Gasteiger partial charge in [-0.1, -0.05) is 15.9 Å². The molecule has 3 nitrogen and oxygen atoms in total. The van der Waals surface area contributed by atoms with Gasteiger partial charge in [-0.2, -0.15) is 0 Å². The first-order chi connectivity index (χ1) is 5.74. The van der Waals surface area contributed by atoms with E-state index in [1.54, 1.807) is 6.92 Å². The highest BCUT2D eigenvalue weighted by molar-refractivity contribution is 9.10. The quantitative estimate of drug-likeness (QED) is 0.771. The number of rotatable bonds is 5. The second-order valence-electron chi connectivity index (χ2n) is 3.53. The normalized spacial score (nSPS) is 15.1. The highest BCUT2D eigenvalue weighted by Gasteiger charge is 2.21. The molecule has 1 unspecified atom stereocenters. The fourth-order valence-corrected chi connectivity index (χ4v) is 3.05. The van der Waals surface area contributed by atoms with E-state index < -0.39 is 16.0 Å². The number of Topliss-reactive ketones (excluding diaryl/α,β-unsaturated/α-hetero) is 1. The Hall–Kier alpha value is -0.0300. The number of hydrogen-bond acceptors (Lipinski definition) is 2. The lowest BCUT2D eigenvalue weighted by atomic mass is 10.3. The topological polar surface area (TPSA) is 54.4 Å². The molecule has 0 amide bonds. The van der Waals surface area contributed by atoms with Gasteiger partial charge in [0.1, 0.15) is 0 Å². The van der Waals surface area contributed by atoms with Crippen LogP contribution in [0, 0.1) is 0 Å². The van der Waals surface area contributed by atoms with Gasteiger partial charge in [0, 0.05) is 5.75 Å². The van der Waals surface area contributed by atoms with Gasteiger partial charge >= 0.3 is 5.97 Å². The van der Waals surface area contributed by atoms with Crippen LogP contribution >= 0.6 is 26.0 Å². The number of aliphatic carboxylic acids is 1. The van der Waals surface area contributed by atoms with Crippen molar-refractivity contribution in [3.8, 4) is 0 Å². The summed E-state index contributed by atoms with van der Waals surface area (Å²) in [6.07, 6.45) is 3.74. The number of halogens is 1. The summed E-state index contributed by atoms with van der Waals surface area (Å²) >= 11 is 3.18. The molecule has 0 aromatic heterocycles. The van der Waals surface area contributed by atoms with Gasteiger partial charge in [0.05, 0.1) is 10.6 Å². The van der Waals surface area contributed by atoms with E-state index in [1.807, 2.05) is 12.5 Å². The molecule has 0 spiro atoms. The van der Waals surface area contributed by atoms with E-state index in [9.17, 15) is 9.59 Å². The van der Waals surface area contributed by atoms with Crippen LogP contribution in [-0.4, -0.2) is 45.7 Å². The van der Waals surface area contributed by atoms with Crippen molar-refractivity contribution in [1.29, 1.82) is 0 Å². The summed E-state index contributed by atoms with van der Waals surface area (Å²) in [6, 6.07) is 0. The first kappa shape index (κ1) is 13.0. The van der Waals surface area contributed by atoms with Gasteiger partial charge in [0.2, 0.25) is 0 Å². The maximum atomic E-state index is 11.3. The first-order valence-corrected chi connectivity index (χ1v) is 7.52. The summed E-state index contributed by atoms with van der Waals surface area (Å²) in [5.41, 5.74) is 0. The molecule has 0 aromatic rings. The highest BCUT2D eigenvalue weighted by atomic mass is 79.9. The molecule has 13 heavy (non-hydrogen) atoms. The lowest BCUT2D eigenvalue weighted by molar-refractivity contribution is -0.133. The summed E-state index contributed by atoms with van der Waals surface area (Å²) < 4.78 is 0. The van der Waals surface area contributed by atoms with Crippen molar-refractivity contribution < 1.29 is 14.7 Å². The average Bonchev–Trinajstić information content (AvgIpc) is 1.81. The second-order valence-corrected chi connectivity index (χ2v) is 9.02. The molecule has 0 radical (unpaired) electrons. The van der Waals surface area contributed by atoms with Crippen LogP contribution in [0.15, 0.2) is 0 Å². The van der Waals surface area contributed by atoms with Crippen molar-refractivity contribution in [1.82, 2.24) is 0 Å². The molecule has 0 bridgehead atoms. The van der Waals surface area contributed by atoms with Gasteiger partial charge in [-0.25, -0.2) is 10.0 Å². The zero-order chi connectivity index (χ0) is 10.6. The summed E-state index contributed by atoms with van der Waals surface area (Å²) in [5, 5.41) is 8.60. The smallest absolute Gasteiger partial charge is 0.311 e. The largest absolute Gasteiger partial charge is 0.481 e. The van der Waals surface area contributed by atoms with E-state index in [-0.39, 0.29) is 16.4 Å². The Morgan fingerprint density at radius 1 is 1.38 bits per heavy atom. The number of hydrogen-bond donors (Lipinski definition) is 1. The summed E-state index contributed by atoms with van der Waals surface area (Å²) in [7, 11) is -1.30. The SMILES string of the molecule is CC(Br)C(=O)CS(C)(C)CC(=O)O. The zero-order valence-corrected chi connectivity index (χ0v) is 10.4. The molecule has 5 heteroatoms. The summed E-state index contributed by atoms with van der Waals surface area (Å²) in [6.45, 7) is 1.76. The van der Waals surface area contributed by atoms with Crippen LogP contribution < -0.4 is 0 Å². The van der Waals surface area contributed by atoms with Gasteiger partial charge in [-0.15, -0.1) is 0 Å². The van der Waals surface area contributed by atoms with Crippen LogP contribution in [0.25, 0.3) is 0 Å². The minimum Gasteiger partial charge on any atom is -0.481 e. The minimum atomic E-state index is -1.30. The van der Waals surface area contributed by atoms with Crippen molar-refractivity contribution in [2.24, 2.45) is 0 Å². The molecule has 0 rings (SSSR count). The van der Waals surface area contributed by atoms with Crippen LogP contribution in [0.1, 0.15) is 6.92 Å². The third-order valence-electron chi connectivity index (χ3n) is 1.49. The van der Waals surface area contributed by atoms with Crippen LogP contribution in [-0.2, 0) is 9.59 Å². The molecule has 78 valence electrons. The van der Waals surface area contributed by atoms with E-state index in [1.165, 1.54) is 0 Å². The highest BCUT2D eigenvalue weighted by Crippen LogP contribution is 2.39. The molecule has 0 aromatic carbocycles. The summed E-state index contributed by atoms with van der Waals surface area (Å²) in [4.78, 5) is 21.6. The third kappa shape index (κ3) is 6.10. The van der Waals surface area contributed by atoms with E-state index in [0.29, 0.717) is 5.75 Å². The number of alkyl halides is 1. The minimum absolute atomic E-state index is 0.0845. The molecule has 1 atom stereocenters. The molecule has 0 aliphatic heterocycles. The van der Waals surface area contributed by atoms with Crippen molar-refractivity contribution in [2.45, 2.75) is 11.8 Å². The fourth-order valence-electron chi connectivity index (χ4n) is 0.885. The molecule has 0 saturated heterocycles. The fraction of sp³-hybridized carbons (Fsp3) is 0.750. The standard InChI is InChI=1S/C8H15BrO3S/c1-6(9)7(10)4-13(2,3)5-8(11)12/h6H,4-5H2,1-3H3,(H,11,12). The van der Waals surface area contributed by atoms with Crippen LogP contribution in [0.4, 0.5) is 0 Å². The molecule has 0 aliphatic carbocycles. The van der Waals surface area contributed by atoms with Gasteiger partial charge in [-0.3, -0.25) is 9.59 Å². The number of carboxylic acids is 1. The predicted molar refractivity (Wildman–Crippen MR) is 60.2 cm³/mol. The Kier molecular flexibility index (Phi) is 4.99. The lowest BCUT2D eigenvalue weighted by Gasteiger charge is -2.28. The van der Waals surface area contributed by atoms with Gasteiger partial charge < -0.3 is 5.11 Å². The molecule has 0 aliphatic rings. The van der Waals surface area contributed by atoms with Gasteiger partial charge in [0.15, 0.2) is 5.78 Å². The Bertz CT molecular complexity index is 213. The molecular weight excluding hydrogens is 256 g/mol. The molecular formula is C8H15BrO3S. The Morgan fingerprint density at radius 3 is 2.15 bits per heavy atom. The Balaban J connectivity index is 4.16. The van der Waals surface area contributed by atoms with Crippen LogP contribution in [0.5, 0.6) is 0 Å².